The Morgan fingerprint density at radius 2 is 1.86 bits per heavy atom. The van der Waals surface area contributed by atoms with Gasteiger partial charge in [0.2, 0.25) is 6.79 Å². The van der Waals surface area contributed by atoms with E-state index in [4.69, 9.17) is 9.47 Å². The van der Waals surface area contributed by atoms with Gasteiger partial charge in [-0.1, -0.05) is 12.1 Å². The summed E-state index contributed by atoms with van der Waals surface area (Å²) in [6.45, 7) is 4.85. The van der Waals surface area contributed by atoms with Crippen molar-refractivity contribution in [3.05, 3.63) is 53.1 Å². The summed E-state index contributed by atoms with van der Waals surface area (Å²) in [7, 11) is 0. The van der Waals surface area contributed by atoms with E-state index in [1.165, 1.54) is 11.1 Å². The van der Waals surface area contributed by atoms with Gasteiger partial charge in [0.05, 0.1) is 6.10 Å². The molecule has 0 amide bonds. The Bertz CT molecular complexity index is 654. The van der Waals surface area contributed by atoms with Crippen molar-refractivity contribution in [2.24, 2.45) is 0 Å². The number of benzene rings is 2. The van der Waals surface area contributed by atoms with Crippen molar-refractivity contribution in [3.63, 3.8) is 0 Å². The fourth-order valence-electron chi connectivity index (χ4n) is 2.30. The molecular formula is C17H19NO3. The molecule has 1 heterocycles. The Balaban J connectivity index is 1.66. The van der Waals surface area contributed by atoms with Gasteiger partial charge in [-0.05, 0) is 54.8 Å². The molecule has 2 aromatic carbocycles. The van der Waals surface area contributed by atoms with Crippen LogP contribution in [0, 0.1) is 13.8 Å². The summed E-state index contributed by atoms with van der Waals surface area (Å²) < 4.78 is 10.6. The van der Waals surface area contributed by atoms with Crippen molar-refractivity contribution in [1.29, 1.82) is 0 Å². The van der Waals surface area contributed by atoms with Crippen LogP contribution in [0.2, 0.25) is 0 Å². The summed E-state index contributed by atoms with van der Waals surface area (Å²) in [5, 5.41) is 13.5. The van der Waals surface area contributed by atoms with Gasteiger partial charge in [-0.15, -0.1) is 0 Å². The first kappa shape index (κ1) is 13.8. The molecule has 21 heavy (non-hydrogen) atoms. The SMILES string of the molecule is Cc1ccc(NCC(O)c2ccc3c(c2)OCO3)cc1C. The second-order valence-electron chi connectivity index (χ2n) is 5.31. The van der Waals surface area contributed by atoms with E-state index in [9.17, 15) is 5.11 Å². The Morgan fingerprint density at radius 1 is 1.05 bits per heavy atom. The highest BCUT2D eigenvalue weighted by Gasteiger charge is 2.16. The molecule has 0 radical (unpaired) electrons. The van der Waals surface area contributed by atoms with Gasteiger partial charge >= 0.3 is 0 Å². The molecule has 3 rings (SSSR count). The predicted molar refractivity (Wildman–Crippen MR) is 81.9 cm³/mol. The van der Waals surface area contributed by atoms with Gasteiger partial charge in [0.1, 0.15) is 0 Å². The molecule has 110 valence electrons. The van der Waals surface area contributed by atoms with Crippen LogP contribution >= 0.6 is 0 Å². The van der Waals surface area contributed by atoms with Crippen molar-refractivity contribution >= 4 is 5.69 Å². The zero-order valence-corrected chi connectivity index (χ0v) is 12.2. The zero-order valence-electron chi connectivity index (χ0n) is 12.2. The fourth-order valence-corrected chi connectivity index (χ4v) is 2.30. The van der Waals surface area contributed by atoms with Crippen LogP contribution in [-0.2, 0) is 0 Å². The largest absolute Gasteiger partial charge is 0.454 e. The lowest BCUT2D eigenvalue weighted by atomic mass is 10.1. The average Bonchev–Trinajstić information content (AvgIpc) is 2.95. The smallest absolute Gasteiger partial charge is 0.231 e. The highest BCUT2D eigenvalue weighted by Crippen LogP contribution is 2.34. The fraction of sp³-hybridized carbons (Fsp3) is 0.294. The third-order valence-electron chi connectivity index (χ3n) is 3.79. The minimum Gasteiger partial charge on any atom is -0.454 e. The number of hydrogen-bond acceptors (Lipinski definition) is 4. The van der Waals surface area contributed by atoms with Crippen molar-refractivity contribution in [3.8, 4) is 11.5 Å². The van der Waals surface area contributed by atoms with Crippen LogP contribution in [0.15, 0.2) is 36.4 Å². The van der Waals surface area contributed by atoms with E-state index in [0.29, 0.717) is 12.3 Å². The lowest BCUT2D eigenvalue weighted by molar-refractivity contribution is 0.173. The molecule has 1 atom stereocenters. The van der Waals surface area contributed by atoms with E-state index in [1.54, 1.807) is 0 Å². The first-order chi connectivity index (χ1) is 10.1. The number of aliphatic hydroxyl groups excluding tert-OH is 1. The summed E-state index contributed by atoms with van der Waals surface area (Å²) in [5.41, 5.74) is 4.32. The highest BCUT2D eigenvalue weighted by molar-refractivity contribution is 5.49. The molecule has 0 saturated heterocycles. The van der Waals surface area contributed by atoms with Gasteiger partial charge in [0.15, 0.2) is 11.5 Å². The summed E-state index contributed by atoms with van der Waals surface area (Å²) in [6, 6.07) is 11.7. The van der Waals surface area contributed by atoms with Crippen LogP contribution in [0.5, 0.6) is 11.5 Å². The number of rotatable bonds is 4. The maximum absolute atomic E-state index is 10.3. The molecule has 1 aliphatic rings. The second kappa shape index (κ2) is 5.66. The number of fused-ring (bicyclic) bond motifs is 1. The first-order valence-electron chi connectivity index (χ1n) is 7.02. The van der Waals surface area contributed by atoms with Gasteiger partial charge in [-0.25, -0.2) is 0 Å². The van der Waals surface area contributed by atoms with Crippen LogP contribution in [0.25, 0.3) is 0 Å². The normalized spacial score (nSPS) is 14.0. The van der Waals surface area contributed by atoms with Gasteiger partial charge < -0.3 is 19.9 Å². The minimum atomic E-state index is -0.596. The number of nitrogens with one attached hydrogen (secondary N) is 1. The van der Waals surface area contributed by atoms with Crippen molar-refractivity contribution < 1.29 is 14.6 Å². The van der Waals surface area contributed by atoms with E-state index >= 15 is 0 Å². The summed E-state index contributed by atoms with van der Waals surface area (Å²) in [4.78, 5) is 0. The molecule has 1 unspecified atom stereocenters. The van der Waals surface area contributed by atoms with E-state index in [0.717, 1.165) is 17.0 Å². The lowest BCUT2D eigenvalue weighted by Crippen LogP contribution is -2.12. The number of aliphatic hydroxyl groups is 1. The van der Waals surface area contributed by atoms with Crippen molar-refractivity contribution in [2.45, 2.75) is 20.0 Å². The molecule has 0 aliphatic carbocycles. The highest BCUT2D eigenvalue weighted by atomic mass is 16.7. The van der Waals surface area contributed by atoms with Gasteiger partial charge in [-0.3, -0.25) is 0 Å². The van der Waals surface area contributed by atoms with Crippen LogP contribution in [-0.4, -0.2) is 18.4 Å². The van der Waals surface area contributed by atoms with Crippen LogP contribution in [0.4, 0.5) is 5.69 Å². The third-order valence-corrected chi connectivity index (χ3v) is 3.79. The van der Waals surface area contributed by atoms with E-state index in [-0.39, 0.29) is 6.79 Å². The second-order valence-corrected chi connectivity index (χ2v) is 5.31. The topological polar surface area (TPSA) is 50.7 Å². The van der Waals surface area contributed by atoms with Crippen LogP contribution in [0.1, 0.15) is 22.8 Å². The minimum absolute atomic E-state index is 0.246. The molecule has 0 saturated carbocycles. The third kappa shape index (κ3) is 2.95. The number of hydrogen-bond donors (Lipinski definition) is 2. The summed E-state index contributed by atoms with van der Waals surface area (Å²) in [5.74, 6) is 1.42. The van der Waals surface area contributed by atoms with Gasteiger partial charge in [-0.2, -0.15) is 0 Å². The molecule has 2 N–H and O–H groups in total. The van der Waals surface area contributed by atoms with Crippen LogP contribution < -0.4 is 14.8 Å². The Hall–Kier alpha value is -2.20. The zero-order chi connectivity index (χ0) is 14.8. The molecule has 0 bridgehead atoms. The van der Waals surface area contributed by atoms with Crippen molar-refractivity contribution in [2.75, 3.05) is 18.7 Å². The molecule has 4 nitrogen and oxygen atoms in total. The molecular weight excluding hydrogens is 266 g/mol. The maximum atomic E-state index is 10.3. The molecule has 0 fully saturated rings. The van der Waals surface area contributed by atoms with Gasteiger partial charge in [0, 0.05) is 12.2 Å². The Labute approximate surface area is 124 Å². The molecule has 2 aromatic rings. The molecule has 0 spiro atoms. The van der Waals surface area contributed by atoms with Crippen LogP contribution in [0.3, 0.4) is 0 Å². The Kier molecular flexibility index (Phi) is 3.71. The quantitative estimate of drug-likeness (QED) is 0.906. The molecule has 0 aromatic heterocycles. The lowest BCUT2D eigenvalue weighted by Gasteiger charge is -2.14. The van der Waals surface area contributed by atoms with E-state index < -0.39 is 6.10 Å². The number of ether oxygens (including phenoxy) is 2. The molecule has 4 heteroatoms. The first-order valence-corrected chi connectivity index (χ1v) is 7.02. The van der Waals surface area contributed by atoms with E-state index in [2.05, 4.69) is 31.3 Å². The number of aryl methyl sites for hydroxylation is 2. The van der Waals surface area contributed by atoms with Gasteiger partial charge in [0.25, 0.3) is 0 Å². The monoisotopic (exact) mass is 285 g/mol. The van der Waals surface area contributed by atoms with E-state index in [1.807, 2.05) is 24.3 Å². The number of anilines is 1. The molecule has 1 aliphatic heterocycles. The summed E-state index contributed by atoms with van der Waals surface area (Å²) in [6.07, 6.45) is -0.596. The standard InChI is InChI=1S/C17H19NO3/c1-11-3-5-14(7-12(11)2)18-9-15(19)13-4-6-16-17(8-13)21-10-20-16/h3-8,15,18-19H,9-10H2,1-2H3. The average molecular weight is 285 g/mol. The Morgan fingerprint density at radius 3 is 2.67 bits per heavy atom. The maximum Gasteiger partial charge on any atom is 0.231 e. The van der Waals surface area contributed by atoms with Crippen molar-refractivity contribution in [1.82, 2.24) is 0 Å². The summed E-state index contributed by atoms with van der Waals surface area (Å²) >= 11 is 0. The predicted octanol–water partition coefficient (Wildman–Crippen LogP) is 3.18.